The number of nitrogens with zero attached hydrogens (tertiary/aromatic N) is 2. The maximum atomic E-state index is 12.4. The number of fused-ring (bicyclic) bond motifs is 1. The zero-order chi connectivity index (χ0) is 17.2. The second-order valence-corrected chi connectivity index (χ2v) is 5.87. The average Bonchev–Trinajstić information content (AvgIpc) is 3.25. The minimum Gasteiger partial charge on any atom is -0.345 e. The molecule has 0 spiro atoms. The summed E-state index contributed by atoms with van der Waals surface area (Å²) in [5, 5.41) is 9.92. The highest BCUT2D eigenvalue weighted by Gasteiger charge is 2.29. The lowest BCUT2D eigenvalue weighted by Crippen LogP contribution is -2.24. The Kier molecular flexibility index (Phi) is 3.78. The predicted molar refractivity (Wildman–Crippen MR) is 93.5 cm³/mol. The van der Waals surface area contributed by atoms with Crippen molar-refractivity contribution >= 4 is 17.5 Å². The molecule has 1 aromatic heterocycles. The van der Waals surface area contributed by atoms with Gasteiger partial charge in [-0.25, -0.2) is 4.68 Å². The zero-order valence-electron chi connectivity index (χ0n) is 13.3. The van der Waals surface area contributed by atoms with E-state index in [4.69, 9.17) is 0 Å². The Balaban J connectivity index is 1.47. The van der Waals surface area contributed by atoms with Crippen molar-refractivity contribution in [1.29, 1.82) is 0 Å². The van der Waals surface area contributed by atoms with Crippen LogP contribution in [-0.2, 0) is 4.79 Å². The summed E-state index contributed by atoms with van der Waals surface area (Å²) in [4.78, 5) is 24.3. The monoisotopic (exact) mass is 332 g/mol. The summed E-state index contributed by atoms with van der Waals surface area (Å²) in [7, 11) is 0. The number of nitrogens with one attached hydrogen (secondary N) is 2. The highest BCUT2D eigenvalue weighted by molar-refractivity contribution is 6.00. The number of hydrogen-bond donors (Lipinski definition) is 2. The normalized spacial score (nSPS) is 15.5. The number of carbonyl (C=O) groups excluding carboxylic acids is 2. The van der Waals surface area contributed by atoms with Gasteiger partial charge in [-0.15, -0.1) is 0 Å². The van der Waals surface area contributed by atoms with Crippen LogP contribution in [0.5, 0.6) is 0 Å². The molecule has 1 aliphatic rings. The van der Waals surface area contributed by atoms with Gasteiger partial charge in [-0.3, -0.25) is 9.59 Å². The van der Waals surface area contributed by atoms with Crippen LogP contribution < -0.4 is 10.6 Å². The van der Waals surface area contributed by atoms with E-state index in [0.29, 0.717) is 11.3 Å². The Morgan fingerprint density at radius 3 is 2.88 bits per heavy atom. The lowest BCUT2D eigenvalue weighted by molar-refractivity contribution is -0.116. The fraction of sp³-hybridized carbons (Fsp3) is 0.105. The molecule has 2 aromatic carbocycles. The minimum atomic E-state index is -0.294. The highest BCUT2D eigenvalue weighted by Crippen LogP contribution is 2.27. The van der Waals surface area contributed by atoms with Gasteiger partial charge < -0.3 is 10.6 Å². The van der Waals surface area contributed by atoms with Gasteiger partial charge in [-0.05, 0) is 35.9 Å². The van der Waals surface area contributed by atoms with Crippen molar-refractivity contribution in [3.05, 3.63) is 78.1 Å². The number of carbonyl (C=O) groups is 2. The summed E-state index contributed by atoms with van der Waals surface area (Å²) in [6.07, 6.45) is 3.73. The van der Waals surface area contributed by atoms with Crippen molar-refractivity contribution in [3.63, 3.8) is 0 Å². The van der Waals surface area contributed by atoms with Gasteiger partial charge in [-0.2, -0.15) is 5.10 Å². The maximum Gasteiger partial charge on any atom is 0.252 e. The third-order valence-corrected chi connectivity index (χ3v) is 4.17. The molecule has 1 unspecified atom stereocenters. The van der Waals surface area contributed by atoms with Crippen molar-refractivity contribution in [2.24, 2.45) is 0 Å². The number of benzene rings is 2. The maximum absolute atomic E-state index is 12.4. The molecule has 0 saturated heterocycles. The summed E-state index contributed by atoms with van der Waals surface area (Å²) in [5.41, 5.74) is 3.06. The van der Waals surface area contributed by atoms with Crippen LogP contribution in [0.3, 0.4) is 0 Å². The Labute approximate surface area is 144 Å². The fourth-order valence-corrected chi connectivity index (χ4v) is 3.03. The van der Waals surface area contributed by atoms with E-state index in [-0.39, 0.29) is 24.3 Å². The van der Waals surface area contributed by atoms with E-state index in [9.17, 15) is 9.59 Å². The number of anilines is 1. The van der Waals surface area contributed by atoms with Gasteiger partial charge in [0.1, 0.15) is 0 Å². The van der Waals surface area contributed by atoms with Gasteiger partial charge in [0, 0.05) is 23.6 Å². The van der Waals surface area contributed by atoms with E-state index in [1.807, 2.05) is 54.7 Å². The molecule has 2 heterocycles. The van der Waals surface area contributed by atoms with Crippen LogP contribution in [0.4, 0.5) is 5.69 Å². The van der Waals surface area contributed by atoms with Gasteiger partial charge in [0.15, 0.2) is 0 Å². The smallest absolute Gasteiger partial charge is 0.252 e. The van der Waals surface area contributed by atoms with Crippen LogP contribution in [0.1, 0.15) is 28.4 Å². The molecule has 0 bridgehead atoms. The Hall–Kier alpha value is -3.41. The summed E-state index contributed by atoms with van der Waals surface area (Å²) in [6, 6.07) is 16.3. The second kappa shape index (κ2) is 6.24. The van der Waals surface area contributed by atoms with Gasteiger partial charge in [0.25, 0.3) is 5.91 Å². The molecule has 6 heteroatoms. The van der Waals surface area contributed by atoms with Crippen LogP contribution in [0, 0.1) is 0 Å². The molecule has 0 aliphatic carbocycles. The molecule has 0 radical (unpaired) electrons. The molecule has 124 valence electrons. The van der Waals surface area contributed by atoms with Crippen LogP contribution >= 0.6 is 0 Å². The van der Waals surface area contributed by atoms with Gasteiger partial charge in [0.2, 0.25) is 5.91 Å². The first kappa shape index (κ1) is 15.1. The fourth-order valence-electron chi connectivity index (χ4n) is 3.03. The van der Waals surface area contributed by atoms with Gasteiger partial charge >= 0.3 is 0 Å². The SMILES string of the molecule is O=C(CC1NC(=O)c2ccccc21)Nc1cccc(-n2cccn2)c1. The highest BCUT2D eigenvalue weighted by atomic mass is 16.2. The quantitative estimate of drug-likeness (QED) is 0.771. The first-order valence-corrected chi connectivity index (χ1v) is 8.00. The standard InChI is InChI=1S/C19H16N4O2/c24-18(12-17-15-7-1-2-8-16(15)19(25)22-17)21-13-5-3-6-14(11-13)23-10-4-9-20-23/h1-11,17H,12H2,(H,21,24)(H,22,25). The second-order valence-electron chi connectivity index (χ2n) is 5.87. The number of hydrogen-bond acceptors (Lipinski definition) is 3. The van der Waals surface area contributed by atoms with Crippen LogP contribution in [0.2, 0.25) is 0 Å². The van der Waals surface area contributed by atoms with Crippen LogP contribution in [0.15, 0.2) is 67.0 Å². The Bertz CT molecular complexity index is 934. The van der Waals surface area contributed by atoms with Crippen molar-refractivity contribution in [2.45, 2.75) is 12.5 Å². The van der Waals surface area contributed by atoms with Crippen molar-refractivity contribution in [1.82, 2.24) is 15.1 Å². The molecule has 1 atom stereocenters. The first-order chi connectivity index (χ1) is 12.2. The number of rotatable bonds is 4. The van der Waals surface area contributed by atoms with Gasteiger partial charge in [0.05, 0.1) is 18.2 Å². The zero-order valence-corrected chi connectivity index (χ0v) is 13.3. The average molecular weight is 332 g/mol. The lowest BCUT2D eigenvalue weighted by Gasteiger charge is -2.12. The molecule has 2 N–H and O–H groups in total. The molecule has 4 rings (SSSR count). The van der Waals surface area contributed by atoms with Crippen LogP contribution in [0.25, 0.3) is 5.69 Å². The van der Waals surface area contributed by atoms with Crippen molar-refractivity contribution in [3.8, 4) is 5.69 Å². The van der Waals surface area contributed by atoms with E-state index in [1.54, 1.807) is 16.9 Å². The Morgan fingerprint density at radius 1 is 1.16 bits per heavy atom. The lowest BCUT2D eigenvalue weighted by atomic mass is 10.0. The Morgan fingerprint density at radius 2 is 2.04 bits per heavy atom. The molecule has 0 fully saturated rings. The molecule has 1 aliphatic heterocycles. The van der Waals surface area contributed by atoms with E-state index in [2.05, 4.69) is 15.7 Å². The molecule has 3 aromatic rings. The molecule has 2 amide bonds. The predicted octanol–water partition coefficient (Wildman–Crippen LogP) is 2.69. The van der Waals surface area contributed by atoms with Gasteiger partial charge in [-0.1, -0.05) is 24.3 Å². The van der Waals surface area contributed by atoms with Crippen molar-refractivity contribution < 1.29 is 9.59 Å². The molecular weight excluding hydrogens is 316 g/mol. The molecular formula is C19H16N4O2. The first-order valence-electron chi connectivity index (χ1n) is 8.00. The molecule has 6 nitrogen and oxygen atoms in total. The van der Waals surface area contributed by atoms with E-state index in [0.717, 1.165) is 11.3 Å². The molecule has 0 saturated carbocycles. The number of amides is 2. The summed E-state index contributed by atoms with van der Waals surface area (Å²) in [5.74, 6) is -0.284. The summed E-state index contributed by atoms with van der Waals surface area (Å²) in [6.45, 7) is 0. The van der Waals surface area contributed by atoms with E-state index >= 15 is 0 Å². The minimum absolute atomic E-state index is 0.130. The number of aromatic nitrogens is 2. The largest absolute Gasteiger partial charge is 0.345 e. The van der Waals surface area contributed by atoms with Crippen LogP contribution in [-0.4, -0.2) is 21.6 Å². The third-order valence-electron chi connectivity index (χ3n) is 4.17. The molecule has 25 heavy (non-hydrogen) atoms. The third kappa shape index (κ3) is 3.01. The summed E-state index contributed by atoms with van der Waals surface area (Å²) >= 11 is 0. The van der Waals surface area contributed by atoms with E-state index < -0.39 is 0 Å². The van der Waals surface area contributed by atoms with Crippen molar-refractivity contribution in [2.75, 3.05) is 5.32 Å². The topological polar surface area (TPSA) is 76.0 Å². The summed E-state index contributed by atoms with van der Waals surface area (Å²) < 4.78 is 1.73. The van der Waals surface area contributed by atoms with E-state index in [1.165, 1.54) is 0 Å².